The molecule has 3 aliphatic rings. The van der Waals surface area contributed by atoms with E-state index in [0.29, 0.717) is 47.3 Å². The summed E-state index contributed by atoms with van der Waals surface area (Å²) in [6.45, 7) is 12.0. The van der Waals surface area contributed by atoms with Crippen LogP contribution in [0.5, 0.6) is 23.0 Å². The number of methoxy groups -OCH3 is 1. The van der Waals surface area contributed by atoms with Crippen LogP contribution in [-0.2, 0) is 9.53 Å². The number of aryl methyl sites for hydroxylation is 1. The molecule has 1 heterocycles. The number of rotatable bonds is 6. The zero-order valence-corrected chi connectivity index (χ0v) is 24.8. The third-order valence-electron chi connectivity index (χ3n) is 9.20. The maximum Gasteiger partial charge on any atom is 0.346 e. The van der Waals surface area contributed by atoms with Crippen molar-refractivity contribution < 1.29 is 33.6 Å². The fourth-order valence-corrected chi connectivity index (χ4v) is 7.06. The van der Waals surface area contributed by atoms with E-state index in [4.69, 9.17) is 18.9 Å². The van der Waals surface area contributed by atoms with Gasteiger partial charge in [-0.2, -0.15) is 0 Å². The van der Waals surface area contributed by atoms with E-state index in [1.54, 1.807) is 12.1 Å². The lowest BCUT2D eigenvalue weighted by Crippen LogP contribution is -2.36. The van der Waals surface area contributed by atoms with Gasteiger partial charge in [0, 0.05) is 11.1 Å². The number of fused-ring (bicyclic) bond motifs is 4. The summed E-state index contributed by atoms with van der Waals surface area (Å²) < 4.78 is 24.4. The van der Waals surface area contributed by atoms with E-state index in [9.17, 15) is 14.7 Å². The number of hydrogen-bond donors (Lipinski definition) is 1. The second-order valence-corrected chi connectivity index (χ2v) is 13.1. The fourth-order valence-electron chi connectivity index (χ4n) is 7.06. The Morgan fingerprint density at radius 2 is 1.80 bits per heavy atom. The van der Waals surface area contributed by atoms with Crippen molar-refractivity contribution in [2.45, 2.75) is 92.3 Å². The minimum absolute atomic E-state index is 0.107. The molecule has 2 aliphatic carbocycles. The molecular weight excluding hydrogens is 508 g/mol. The molecule has 7 heteroatoms. The van der Waals surface area contributed by atoms with Crippen LogP contribution in [0.4, 0.5) is 0 Å². The first-order valence-electron chi connectivity index (χ1n) is 14.5. The fraction of sp³-hybridized carbons (Fsp3) is 0.576. The van der Waals surface area contributed by atoms with Crippen LogP contribution in [0.3, 0.4) is 0 Å². The first kappa shape index (κ1) is 28.5. The normalized spacial score (nSPS) is 26.1. The summed E-state index contributed by atoms with van der Waals surface area (Å²) in [6, 6.07) is 7.10. The van der Waals surface area contributed by atoms with E-state index in [1.807, 2.05) is 53.7 Å². The second-order valence-electron chi connectivity index (χ2n) is 13.1. The maximum absolute atomic E-state index is 13.7. The third-order valence-corrected chi connectivity index (χ3v) is 9.20. The van der Waals surface area contributed by atoms with Crippen molar-refractivity contribution in [1.29, 1.82) is 0 Å². The molecule has 1 N–H and O–H groups in total. The van der Waals surface area contributed by atoms with Crippen LogP contribution < -0.4 is 14.2 Å². The van der Waals surface area contributed by atoms with Gasteiger partial charge in [-0.3, -0.25) is 4.79 Å². The molecule has 0 aromatic heterocycles. The van der Waals surface area contributed by atoms with Crippen molar-refractivity contribution in [2.24, 2.45) is 22.7 Å². The van der Waals surface area contributed by atoms with Gasteiger partial charge >= 0.3 is 11.9 Å². The molecule has 2 fully saturated rings. The molecule has 5 rings (SSSR count). The molecule has 40 heavy (non-hydrogen) atoms. The van der Waals surface area contributed by atoms with Crippen molar-refractivity contribution >= 4 is 11.9 Å². The molecule has 7 nitrogen and oxygen atoms in total. The minimum Gasteiger partial charge on any atom is -0.495 e. The van der Waals surface area contributed by atoms with Crippen LogP contribution in [0.2, 0.25) is 0 Å². The molecule has 0 amide bonds. The van der Waals surface area contributed by atoms with Gasteiger partial charge < -0.3 is 24.1 Å². The van der Waals surface area contributed by atoms with Crippen molar-refractivity contribution in [3.8, 4) is 23.0 Å². The van der Waals surface area contributed by atoms with Gasteiger partial charge in [0.1, 0.15) is 23.2 Å². The molecule has 0 radical (unpaired) electrons. The smallest absolute Gasteiger partial charge is 0.346 e. The molecule has 216 valence electrons. The van der Waals surface area contributed by atoms with Crippen LogP contribution in [-0.4, -0.2) is 24.2 Å². The number of carbonyl (C=O) groups is 2. The molecule has 2 aromatic carbocycles. The van der Waals surface area contributed by atoms with Crippen LogP contribution in [0.15, 0.2) is 24.3 Å². The number of hydrogen-bond acceptors (Lipinski definition) is 7. The van der Waals surface area contributed by atoms with Crippen molar-refractivity contribution in [2.75, 3.05) is 7.11 Å². The molecule has 2 atom stereocenters. The standard InChI is InChI=1S/C33H42O7/c1-8-24-22-15-18(2)16-26(40-31(36)33(6)19-9-10-20(33)12-11-19)28(22)38-25-14-13-21(23(34)17-32(3,4)5)29(37-7)27(25)30(35)39-24/h13-16,19-20,23-24,34H,8-12,17H2,1-7H3/t19?,20?,23-,24?,33?/m0/s1. The van der Waals surface area contributed by atoms with Gasteiger partial charge in [-0.25, -0.2) is 4.79 Å². The Labute approximate surface area is 237 Å². The second kappa shape index (κ2) is 10.4. The van der Waals surface area contributed by atoms with E-state index in [-0.39, 0.29) is 28.4 Å². The average molecular weight is 551 g/mol. The molecule has 1 aliphatic heterocycles. The van der Waals surface area contributed by atoms with Crippen molar-refractivity contribution in [1.82, 2.24) is 0 Å². The number of aliphatic hydroxyl groups excluding tert-OH is 1. The van der Waals surface area contributed by atoms with Gasteiger partial charge in [-0.15, -0.1) is 0 Å². The summed E-state index contributed by atoms with van der Waals surface area (Å²) in [5, 5.41) is 11.1. The lowest BCUT2D eigenvalue weighted by molar-refractivity contribution is -0.147. The molecular formula is C33H42O7. The van der Waals surface area contributed by atoms with Gasteiger partial charge in [0.15, 0.2) is 11.5 Å². The zero-order valence-electron chi connectivity index (χ0n) is 24.8. The van der Waals surface area contributed by atoms with E-state index in [1.165, 1.54) is 7.11 Å². The Balaban J connectivity index is 1.59. The Hall–Kier alpha value is -3.06. The number of esters is 2. The molecule has 2 saturated carbocycles. The highest BCUT2D eigenvalue weighted by molar-refractivity contribution is 5.97. The van der Waals surface area contributed by atoms with Gasteiger partial charge in [0.05, 0.1) is 18.6 Å². The van der Waals surface area contributed by atoms with E-state index >= 15 is 0 Å². The molecule has 2 bridgehead atoms. The molecule has 0 spiro atoms. The lowest BCUT2D eigenvalue weighted by atomic mass is 9.80. The number of cyclic esters (lactones) is 1. The van der Waals surface area contributed by atoms with E-state index in [2.05, 4.69) is 0 Å². The first-order valence-corrected chi connectivity index (χ1v) is 14.5. The predicted molar refractivity (Wildman–Crippen MR) is 151 cm³/mol. The summed E-state index contributed by atoms with van der Waals surface area (Å²) in [7, 11) is 1.47. The van der Waals surface area contributed by atoms with Gasteiger partial charge in [-0.1, -0.05) is 27.7 Å². The highest BCUT2D eigenvalue weighted by atomic mass is 16.6. The van der Waals surface area contributed by atoms with Crippen molar-refractivity contribution in [3.63, 3.8) is 0 Å². The third kappa shape index (κ3) is 4.87. The average Bonchev–Trinajstić information content (AvgIpc) is 3.38. The van der Waals surface area contributed by atoms with Crippen LogP contribution in [0.25, 0.3) is 0 Å². The summed E-state index contributed by atoms with van der Waals surface area (Å²) in [6.07, 6.45) is 3.72. The maximum atomic E-state index is 13.7. The van der Waals surface area contributed by atoms with E-state index in [0.717, 1.165) is 31.2 Å². The lowest BCUT2D eigenvalue weighted by Gasteiger charge is -2.30. The quantitative estimate of drug-likeness (QED) is 0.292. The van der Waals surface area contributed by atoms with E-state index < -0.39 is 23.6 Å². The Morgan fingerprint density at radius 1 is 1.15 bits per heavy atom. The molecule has 1 unspecified atom stereocenters. The largest absolute Gasteiger partial charge is 0.495 e. The van der Waals surface area contributed by atoms with Gasteiger partial charge in [0.2, 0.25) is 0 Å². The zero-order chi connectivity index (χ0) is 29.0. The SMILES string of the molecule is CCC1OC(=O)c2c(ccc([C@@H](O)CC(C)(C)C)c2OC)Oc2c(OC(=O)C3(C)C4CCC3CC4)cc(C)cc21. The summed E-state index contributed by atoms with van der Waals surface area (Å²) in [5.74, 6) is 0.985. The van der Waals surface area contributed by atoms with Crippen LogP contribution >= 0.6 is 0 Å². The number of ether oxygens (including phenoxy) is 4. The van der Waals surface area contributed by atoms with Crippen LogP contribution in [0, 0.1) is 29.6 Å². The molecule has 2 aromatic rings. The summed E-state index contributed by atoms with van der Waals surface area (Å²) in [4.78, 5) is 27.3. The predicted octanol–water partition coefficient (Wildman–Crippen LogP) is 7.62. The number of aliphatic hydroxyl groups is 1. The van der Waals surface area contributed by atoms with Gasteiger partial charge in [-0.05, 0) is 99.5 Å². The highest BCUT2D eigenvalue weighted by Gasteiger charge is 2.57. The van der Waals surface area contributed by atoms with Crippen molar-refractivity contribution in [3.05, 3.63) is 46.5 Å². The highest BCUT2D eigenvalue weighted by Crippen LogP contribution is 2.59. The minimum atomic E-state index is -0.852. The Morgan fingerprint density at radius 3 is 2.38 bits per heavy atom. The number of benzene rings is 2. The Kier molecular flexibility index (Phi) is 7.40. The van der Waals surface area contributed by atoms with Gasteiger partial charge in [0.25, 0.3) is 0 Å². The Bertz CT molecular complexity index is 1300. The monoisotopic (exact) mass is 550 g/mol. The topological polar surface area (TPSA) is 91.3 Å². The number of carbonyl (C=O) groups excluding carboxylic acids is 2. The summed E-state index contributed by atoms with van der Waals surface area (Å²) in [5.41, 5.74) is 1.47. The summed E-state index contributed by atoms with van der Waals surface area (Å²) >= 11 is 0. The van der Waals surface area contributed by atoms with Crippen LogP contribution in [0.1, 0.15) is 112 Å². The first-order chi connectivity index (χ1) is 18.9. The molecule has 0 saturated heterocycles.